The van der Waals surface area contributed by atoms with E-state index < -0.39 is 0 Å². The van der Waals surface area contributed by atoms with Gasteiger partial charge in [0.25, 0.3) is 5.91 Å². The highest BCUT2D eigenvalue weighted by atomic mass is 16.5. The third-order valence-corrected chi connectivity index (χ3v) is 6.06. The van der Waals surface area contributed by atoms with Gasteiger partial charge in [-0.15, -0.1) is 0 Å². The third-order valence-electron chi connectivity index (χ3n) is 6.06. The van der Waals surface area contributed by atoms with Gasteiger partial charge < -0.3 is 20.7 Å². The van der Waals surface area contributed by atoms with Gasteiger partial charge in [-0.05, 0) is 80.3 Å². The summed E-state index contributed by atoms with van der Waals surface area (Å²) in [6, 6.07) is 17.3. The van der Waals surface area contributed by atoms with E-state index >= 15 is 0 Å². The van der Waals surface area contributed by atoms with E-state index in [1.165, 1.54) is 16.7 Å². The molecule has 3 N–H and O–H groups in total. The van der Waals surface area contributed by atoms with Gasteiger partial charge in [0.2, 0.25) is 0 Å². The molecule has 0 aliphatic carbocycles. The minimum absolute atomic E-state index is 0.129. The molecule has 0 bridgehead atoms. The molecule has 4 rings (SSSR count). The molecule has 0 fully saturated rings. The highest BCUT2D eigenvalue weighted by Crippen LogP contribution is 2.31. The van der Waals surface area contributed by atoms with Crippen LogP contribution in [0.3, 0.4) is 0 Å². The molecule has 0 saturated carbocycles. The molecular formula is C28H32N4O2. The summed E-state index contributed by atoms with van der Waals surface area (Å²) in [5.74, 6) is 1.74. The Hall–Kier alpha value is -3.80. The van der Waals surface area contributed by atoms with Crippen LogP contribution < -0.4 is 15.8 Å². The quantitative estimate of drug-likeness (QED) is 0.492. The predicted octanol–water partition coefficient (Wildman–Crippen LogP) is 5.51. The average molecular weight is 457 g/mol. The molecule has 0 radical (unpaired) electrons. The van der Waals surface area contributed by atoms with Crippen LogP contribution in [0.15, 0.2) is 59.6 Å². The van der Waals surface area contributed by atoms with Crippen LogP contribution >= 0.6 is 0 Å². The van der Waals surface area contributed by atoms with Crippen LogP contribution in [0.25, 0.3) is 0 Å². The molecule has 3 aromatic rings. The van der Waals surface area contributed by atoms with E-state index in [0.717, 1.165) is 29.8 Å². The summed E-state index contributed by atoms with van der Waals surface area (Å²) in [6.45, 7) is 10.4. The standard InChI is InChI=1S/C28H32N4O2/c1-5-11-32-17-22-15-24(9-10-26(22)31-28(32)29)34-23-8-6-7-21(14-23)27(33)30-16-25-19(3)12-18(2)13-20(25)4/h6-10,12-15H,5,11,16-17H2,1-4H3,(H2,29,31)(H,30,33). The van der Waals surface area contributed by atoms with Crippen LogP contribution in [-0.4, -0.2) is 23.3 Å². The first kappa shape index (κ1) is 23.4. The van der Waals surface area contributed by atoms with Crippen molar-refractivity contribution in [2.75, 3.05) is 6.54 Å². The molecule has 34 heavy (non-hydrogen) atoms. The normalized spacial score (nSPS) is 12.7. The van der Waals surface area contributed by atoms with Crippen LogP contribution in [0.1, 0.15) is 51.5 Å². The second-order valence-electron chi connectivity index (χ2n) is 8.87. The van der Waals surface area contributed by atoms with Gasteiger partial charge in [-0.2, -0.15) is 0 Å². The van der Waals surface area contributed by atoms with Crippen LogP contribution in [0, 0.1) is 20.8 Å². The number of hydrogen-bond donors (Lipinski definition) is 2. The highest BCUT2D eigenvalue weighted by Gasteiger charge is 2.18. The third kappa shape index (κ3) is 5.22. The summed E-state index contributed by atoms with van der Waals surface area (Å²) in [5, 5.41) is 3.04. The number of fused-ring (bicyclic) bond motifs is 1. The number of hydrogen-bond acceptors (Lipinski definition) is 5. The van der Waals surface area contributed by atoms with E-state index in [-0.39, 0.29) is 5.91 Å². The molecule has 0 spiro atoms. The zero-order valence-corrected chi connectivity index (χ0v) is 20.3. The van der Waals surface area contributed by atoms with Crippen LogP contribution in [0.4, 0.5) is 5.69 Å². The van der Waals surface area contributed by atoms with Crippen molar-refractivity contribution in [3.8, 4) is 11.5 Å². The Morgan fingerprint density at radius 1 is 1.06 bits per heavy atom. The first-order chi connectivity index (χ1) is 16.3. The van der Waals surface area contributed by atoms with Gasteiger partial charge in [0.15, 0.2) is 5.96 Å². The SMILES string of the molecule is CCCN1Cc2cc(Oc3cccc(C(=O)NCc4c(C)cc(C)cc4C)c3)ccc2N=C1N. The van der Waals surface area contributed by atoms with Crippen molar-refractivity contribution in [3.63, 3.8) is 0 Å². The van der Waals surface area contributed by atoms with E-state index in [1.54, 1.807) is 12.1 Å². The monoisotopic (exact) mass is 456 g/mol. The summed E-state index contributed by atoms with van der Waals surface area (Å²) in [4.78, 5) is 19.4. The van der Waals surface area contributed by atoms with Gasteiger partial charge in [-0.25, -0.2) is 4.99 Å². The number of aryl methyl sites for hydroxylation is 3. The molecule has 6 nitrogen and oxygen atoms in total. The van der Waals surface area contributed by atoms with Crippen molar-refractivity contribution < 1.29 is 9.53 Å². The van der Waals surface area contributed by atoms with Crippen LogP contribution in [0.2, 0.25) is 0 Å². The number of nitrogens with two attached hydrogens (primary N) is 1. The zero-order chi connectivity index (χ0) is 24.2. The minimum atomic E-state index is -0.129. The second kappa shape index (κ2) is 10.00. The van der Waals surface area contributed by atoms with Crippen molar-refractivity contribution in [2.45, 2.75) is 47.2 Å². The Bertz CT molecular complexity index is 1230. The maximum absolute atomic E-state index is 12.8. The van der Waals surface area contributed by atoms with Crippen molar-refractivity contribution in [2.24, 2.45) is 10.7 Å². The molecular weight excluding hydrogens is 424 g/mol. The maximum Gasteiger partial charge on any atom is 0.251 e. The fraction of sp³-hybridized carbons (Fsp3) is 0.286. The predicted molar refractivity (Wildman–Crippen MR) is 137 cm³/mol. The molecule has 6 heteroatoms. The molecule has 0 saturated heterocycles. The fourth-order valence-electron chi connectivity index (χ4n) is 4.40. The molecule has 0 aromatic heterocycles. The van der Waals surface area contributed by atoms with Gasteiger partial charge in [-0.3, -0.25) is 4.79 Å². The second-order valence-corrected chi connectivity index (χ2v) is 8.87. The molecule has 0 unspecified atom stereocenters. The number of carbonyl (C=O) groups excluding carboxylic acids is 1. The lowest BCUT2D eigenvalue weighted by Gasteiger charge is -2.28. The Morgan fingerprint density at radius 3 is 2.53 bits per heavy atom. The van der Waals surface area contributed by atoms with Crippen molar-refractivity contribution >= 4 is 17.6 Å². The van der Waals surface area contributed by atoms with E-state index in [0.29, 0.717) is 36.1 Å². The number of aliphatic imine (C=N–C) groups is 1. The summed E-state index contributed by atoms with van der Waals surface area (Å²) < 4.78 is 6.09. The van der Waals surface area contributed by atoms with E-state index in [4.69, 9.17) is 10.5 Å². The summed E-state index contributed by atoms with van der Waals surface area (Å²) in [7, 11) is 0. The minimum Gasteiger partial charge on any atom is -0.457 e. The van der Waals surface area contributed by atoms with Gasteiger partial charge in [-0.1, -0.05) is 30.7 Å². The van der Waals surface area contributed by atoms with Gasteiger partial charge in [0, 0.05) is 30.8 Å². The lowest BCUT2D eigenvalue weighted by Crippen LogP contribution is -2.39. The Labute approximate surface area is 201 Å². The molecule has 1 aliphatic heterocycles. The smallest absolute Gasteiger partial charge is 0.251 e. The van der Waals surface area contributed by atoms with E-state index in [2.05, 4.69) is 55.0 Å². The molecule has 0 atom stereocenters. The molecule has 3 aromatic carbocycles. The number of carbonyl (C=O) groups is 1. The Balaban J connectivity index is 1.45. The number of ether oxygens (including phenoxy) is 1. The number of rotatable bonds is 7. The molecule has 176 valence electrons. The number of nitrogens with one attached hydrogen (secondary N) is 1. The molecule has 1 amide bonds. The van der Waals surface area contributed by atoms with E-state index in [1.807, 2.05) is 30.3 Å². The van der Waals surface area contributed by atoms with Gasteiger partial charge in [0.1, 0.15) is 11.5 Å². The number of benzene rings is 3. The average Bonchev–Trinajstić information content (AvgIpc) is 2.79. The first-order valence-corrected chi connectivity index (χ1v) is 11.7. The van der Waals surface area contributed by atoms with Crippen molar-refractivity contribution in [1.82, 2.24) is 10.2 Å². The van der Waals surface area contributed by atoms with Gasteiger partial charge in [0.05, 0.1) is 5.69 Å². The first-order valence-electron chi connectivity index (χ1n) is 11.7. The largest absolute Gasteiger partial charge is 0.457 e. The lowest BCUT2D eigenvalue weighted by atomic mass is 10.00. The summed E-state index contributed by atoms with van der Waals surface area (Å²) in [6.07, 6.45) is 1.000. The number of guanidine groups is 1. The Kier molecular flexibility index (Phi) is 6.87. The lowest BCUT2D eigenvalue weighted by molar-refractivity contribution is 0.0950. The van der Waals surface area contributed by atoms with Gasteiger partial charge >= 0.3 is 0 Å². The van der Waals surface area contributed by atoms with Crippen LogP contribution in [-0.2, 0) is 13.1 Å². The highest BCUT2D eigenvalue weighted by molar-refractivity contribution is 5.94. The number of amides is 1. The summed E-state index contributed by atoms with van der Waals surface area (Å²) >= 11 is 0. The topological polar surface area (TPSA) is 80.0 Å². The van der Waals surface area contributed by atoms with Crippen molar-refractivity contribution in [1.29, 1.82) is 0 Å². The van der Waals surface area contributed by atoms with Crippen LogP contribution in [0.5, 0.6) is 11.5 Å². The fourth-order valence-corrected chi connectivity index (χ4v) is 4.40. The van der Waals surface area contributed by atoms with Crippen molar-refractivity contribution in [3.05, 3.63) is 88.0 Å². The molecule has 1 heterocycles. The summed E-state index contributed by atoms with van der Waals surface area (Å²) in [5.41, 5.74) is 13.3. The maximum atomic E-state index is 12.8. The molecule has 1 aliphatic rings. The zero-order valence-electron chi connectivity index (χ0n) is 20.3. The number of nitrogens with zero attached hydrogens (tertiary/aromatic N) is 2. The van der Waals surface area contributed by atoms with E-state index in [9.17, 15) is 4.79 Å². The Morgan fingerprint density at radius 2 is 1.79 bits per heavy atom.